The molecule has 1 aliphatic rings. The van der Waals surface area contributed by atoms with E-state index in [1.54, 1.807) is 4.90 Å². The van der Waals surface area contributed by atoms with E-state index in [1.165, 1.54) is 24.3 Å². The highest BCUT2D eigenvalue weighted by atomic mass is 32.2. The van der Waals surface area contributed by atoms with Crippen molar-refractivity contribution in [3.8, 4) is 0 Å². The minimum atomic E-state index is -3.81. The summed E-state index contributed by atoms with van der Waals surface area (Å²) in [5, 5.41) is 4.99. The van der Waals surface area contributed by atoms with Gasteiger partial charge in [-0.2, -0.15) is 0 Å². The van der Waals surface area contributed by atoms with E-state index in [1.807, 2.05) is 0 Å². The lowest BCUT2D eigenvalue weighted by molar-refractivity contribution is -0.137. The number of primary sulfonamides is 1. The molecule has 0 saturated carbocycles. The molecule has 0 unspecified atom stereocenters. The molecule has 1 fully saturated rings. The van der Waals surface area contributed by atoms with Crippen LogP contribution >= 0.6 is 0 Å². The first-order valence-electron chi connectivity index (χ1n) is 7.74. The smallest absolute Gasteiger partial charge is 0.338 e. The van der Waals surface area contributed by atoms with E-state index < -0.39 is 16.0 Å². The van der Waals surface area contributed by atoms with Crippen molar-refractivity contribution in [1.29, 1.82) is 0 Å². The maximum Gasteiger partial charge on any atom is 0.338 e. The predicted octanol–water partition coefficient (Wildman–Crippen LogP) is 0.995. The molecule has 1 amide bonds. The van der Waals surface area contributed by atoms with Crippen LogP contribution in [0.3, 0.4) is 0 Å². The minimum absolute atomic E-state index is 0.0913. The maximum absolute atomic E-state index is 12.2. The number of piperidine rings is 1. The lowest BCUT2D eigenvalue weighted by Crippen LogP contribution is -2.44. The molecular formula is C16H22N2O5S. The Morgan fingerprint density at radius 2 is 1.71 bits per heavy atom. The van der Waals surface area contributed by atoms with E-state index in [-0.39, 0.29) is 23.0 Å². The van der Waals surface area contributed by atoms with Gasteiger partial charge in [0.1, 0.15) is 0 Å². The average Bonchev–Trinajstić information content (AvgIpc) is 2.50. The molecule has 8 heteroatoms. The molecule has 1 aromatic rings. The molecule has 132 valence electrons. The summed E-state index contributed by atoms with van der Waals surface area (Å²) in [6, 6.07) is 5.05. The number of hydrogen-bond donors (Lipinski definition) is 1. The Bertz CT molecular complexity index is 704. The number of carbonyl (C=O) groups is 2. The Balaban J connectivity index is 1.92. The first-order valence-corrected chi connectivity index (χ1v) is 9.29. The summed E-state index contributed by atoms with van der Waals surface area (Å²) in [5.41, 5.74) is 0.163. The molecule has 1 aromatic carbocycles. The van der Waals surface area contributed by atoms with Gasteiger partial charge in [-0.05, 0) is 42.5 Å². The van der Waals surface area contributed by atoms with Gasteiger partial charge < -0.3 is 9.64 Å². The number of ether oxygens (including phenoxy) is 1. The van der Waals surface area contributed by atoms with Crippen LogP contribution in [0.4, 0.5) is 0 Å². The molecule has 2 atom stereocenters. The van der Waals surface area contributed by atoms with Crippen LogP contribution < -0.4 is 5.14 Å². The zero-order chi connectivity index (χ0) is 17.9. The fourth-order valence-electron chi connectivity index (χ4n) is 2.95. The summed E-state index contributed by atoms with van der Waals surface area (Å²) in [4.78, 5) is 25.7. The average molecular weight is 354 g/mol. The highest BCUT2D eigenvalue weighted by Gasteiger charge is 2.26. The molecule has 2 N–H and O–H groups in total. The Morgan fingerprint density at radius 3 is 2.21 bits per heavy atom. The van der Waals surface area contributed by atoms with E-state index in [4.69, 9.17) is 9.88 Å². The van der Waals surface area contributed by atoms with Crippen LogP contribution in [0.1, 0.15) is 30.6 Å². The van der Waals surface area contributed by atoms with Gasteiger partial charge in [-0.3, -0.25) is 4.79 Å². The third-order valence-electron chi connectivity index (χ3n) is 3.97. The Kier molecular flexibility index (Phi) is 5.61. The van der Waals surface area contributed by atoms with Gasteiger partial charge in [0.2, 0.25) is 10.0 Å². The van der Waals surface area contributed by atoms with E-state index in [2.05, 4.69) is 13.8 Å². The fourth-order valence-corrected chi connectivity index (χ4v) is 3.46. The van der Waals surface area contributed by atoms with Crippen LogP contribution in [0, 0.1) is 11.8 Å². The number of rotatable bonds is 4. The molecule has 1 saturated heterocycles. The van der Waals surface area contributed by atoms with Crippen molar-refractivity contribution >= 4 is 21.9 Å². The summed E-state index contributed by atoms with van der Waals surface area (Å²) in [6.45, 7) is 5.20. The number of hydrogen-bond acceptors (Lipinski definition) is 5. The predicted molar refractivity (Wildman–Crippen MR) is 87.6 cm³/mol. The first-order chi connectivity index (χ1) is 11.2. The standard InChI is InChI=1S/C16H22N2O5S/c1-11-7-12(2)9-18(8-11)15(19)10-23-16(20)13-3-5-14(6-4-13)24(17,21)22/h3-6,11-12H,7-10H2,1-2H3,(H2,17,21,22)/t11-,12-/m1/s1. The third-order valence-corrected chi connectivity index (χ3v) is 4.90. The van der Waals surface area contributed by atoms with E-state index in [0.717, 1.165) is 6.42 Å². The fraction of sp³-hybridized carbons (Fsp3) is 0.500. The molecule has 0 aromatic heterocycles. The monoisotopic (exact) mass is 354 g/mol. The lowest BCUT2D eigenvalue weighted by Gasteiger charge is -2.34. The molecule has 0 spiro atoms. The quantitative estimate of drug-likeness (QED) is 0.812. The van der Waals surface area contributed by atoms with Gasteiger partial charge in [0.25, 0.3) is 5.91 Å². The second kappa shape index (κ2) is 7.31. The second-order valence-corrected chi connectivity index (χ2v) is 7.95. The Labute approximate surface area is 141 Å². The highest BCUT2D eigenvalue weighted by molar-refractivity contribution is 7.89. The van der Waals surface area contributed by atoms with Gasteiger partial charge in [0.05, 0.1) is 10.5 Å². The van der Waals surface area contributed by atoms with Gasteiger partial charge in [-0.1, -0.05) is 13.8 Å². The number of nitrogens with zero attached hydrogens (tertiary/aromatic N) is 1. The van der Waals surface area contributed by atoms with Crippen molar-refractivity contribution in [1.82, 2.24) is 4.90 Å². The summed E-state index contributed by atoms with van der Waals surface area (Å²) < 4.78 is 27.4. The number of carbonyl (C=O) groups excluding carboxylic acids is 2. The molecule has 1 aliphatic heterocycles. The number of likely N-dealkylation sites (tertiary alicyclic amines) is 1. The summed E-state index contributed by atoms with van der Waals surface area (Å²) in [6.07, 6.45) is 1.08. The number of nitrogens with two attached hydrogens (primary N) is 1. The topological polar surface area (TPSA) is 107 Å². The van der Waals surface area contributed by atoms with Crippen LogP contribution in [0.25, 0.3) is 0 Å². The third kappa shape index (κ3) is 4.78. The zero-order valence-electron chi connectivity index (χ0n) is 13.8. The van der Waals surface area contributed by atoms with Crippen LogP contribution in [-0.2, 0) is 19.6 Å². The van der Waals surface area contributed by atoms with Crippen molar-refractivity contribution in [2.45, 2.75) is 25.2 Å². The highest BCUT2D eigenvalue weighted by Crippen LogP contribution is 2.21. The Morgan fingerprint density at radius 1 is 1.17 bits per heavy atom. The molecule has 7 nitrogen and oxygen atoms in total. The normalized spacial score (nSPS) is 21.4. The number of sulfonamides is 1. The Hall–Kier alpha value is -1.93. The van der Waals surface area contributed by atoms with Crippen molar-refractivity contribution in [3.63, 3.8) is 0 Å². The molecule has 2 rings (SSSR count). The largest absolute Gasteiger partial charge is 0.452 e. The van der Waals surface area contributed by atoms with Crippen molar-refractivity contribution in [2.24, 2.45) is 17.0 Å². The molecular weight excluding hydrogens is 332 g/mol. The van der Waals surface area contributed by atoms with E-state index in [0.29, 0.717) is 24.9 Å². The van der Waals surface area contributed by atoms with Crippen molar-refractivity contribution in [2.75, 3.05) is 19.7 Å². The molecule has 0 radical (unpaired) electrons. The van der Waals surface area contributed by atoms with Crippen molar-refractivity contribution < 1.29 is 22.7 Å². The lowest BCUT2D eigenvalue weighted by atomic mass is 9.92. The number of benzene rings is 1. The van der Waals surface area contributed by atoms with Gasteiger partial charge >= 0.3 is 5.97 Å². The zero-order valence-corrected chi connectivity index (χ0v) is 14.6. The van der Waals surface area contributed by atoms with Crippen molar-refractivity contribution in [3.05, 3.63) is 29.8 Å². The van der Waals surface area contributed by atoms with Crippen LogP contribution in [0.2, 0.25) is 0 Å². The minimum Gasteiger partial charge on any atom is -0.452 e. The van der Waals surface area contributed by atoms with Gasteiger partial charge in [0.15, 0.2) is 6.61 Å². The summed E-state index contributed by atoms with van der Waals surface area (Å²) in [7, 11) is -3.81. The molecule has 0 aliphatic carbocycles. The van der Waals surface area contributed by atoms with Crippen LogP contribution in [0.15, 0.2) is 29.2 Å². The molecule has 0 bridgehead atoms. The van der Waals surface area contributed by atoms with Crippen LogP contribution in [0.5, 0.6) is 0 Å². The number of amides is 1. The summed E-state index contributed by atoms with van der Waals surface area (Å²) >= 11 is 0. The maximum atomic E-state index is 12.2. The van der Waals surface area contributed by atoms with E-state index >= 15 is 0 Å². The first kappa shape index (κ1) is 18.4. The summed E-state index contributed by atoms with van der Waals surface area (Å²) in [5.74, 6) is -0.0383. The van der Waals surface area contributed by atoms with Gasteiger partial charge in [0, 0.05) is 13.1 Å². The van der Waals surface area contributed by atoms with Gasteiger partial charge in [-0.15, -0.1) is 0 Å². The SMILES string of the molecule is C[C@@H]1C[C@@H](C)CN(C(=O)COC(=O)c2ccc(S(N)(=O)=O)cc2)C1. The number of esters is 1. The second-order valence-electron chi connectivity index (χ2n) is 6.39. The molecule has 24 heavy (non-hydrogen) atoms. The molecule has 1 heterocycles. The van der Waals surface area contributed by atoms with Gasteiger partial charge in [-0.25, -0.2) is 18.4 Å². The van der Waals surface area contributed by atoms with Crippen LogP contribution in [-0.4, -0.2) is 44.9 Å². The van der Waals surface area contributed by atoms with E-state index in [9.17, 15) is 18.0 Å².